The van der Waals surface area contributed by atoms with Gasteiger partial charge in [0, 0.05) is 36.7 Å². The molecule has 0 aromatic heterocycles. The van der Waals surface area contributed by atoms with E-state index in [4.69, 9.17) is 27.1 Å². The number of aliphatic imine (C=N–C) groups is 1. The summed E-state index contributed by atoms with van der Waals surface area (Å²) in [7, 11) is 0. The minimum absolute atomic E-state index is 0.0624. The fourth-order valence-corrected chi connectivity index (χ4v) is 4.13. The maximum Gasteiger partial charge on any atom is 0.191 e. The Morgan fingerprint density at radius 1 is 1.12 bits per heavy atom. The average Bonchev–Trinajstić information content (AvgIpc) is 2.90. The van der Waals surface area contributed by atoms with Gasteiger partial charge in [-0.05, 0) is 37.3 Å². The first-order valence-electron chi connectivity index (χ1n) is 9.09. The minimum atomic E-state index is -0.0624. The molecule has 1 aromatic rings. The van der Waals surface area contributed by atoms with Gasteiger partial charge < -0.3 is 15.4 Å². The SMILES string of the molecule is NC(=NCC1(c2ccccc2Cl)CCOCC1)N1CCCCCC1. The molecule has 24 heavy (non-hydrogen) atoms. The van der Waals surface area contributed by atoms with Gasteiger partial charge >= 0.3 is 0 Å². The molecule has 2 saturated heterocycles. The monoisotopic (exact) mass is 349 g/mol. The summed E-state index contributed by atoms with van der Waals surface area (Å²) in [6, 6.07) is 8.13. The normalized spacial score (nSPS) is 22.2. The molecule has 2 heterocycles. The molecule has 0 unspecified atom stereocenters. The lowest BCUT2D eigenvalue weighted by Crippen LogP contribution is -2.41. The molecule has 132 valence electrons. The molecular weight excluding hydrogens is 322 g/mol. The molecule has 0 atom stereocenters. The van der Waals surface area contributed by atoms with Gasteiger partial charge in [-0.2, -0.15) is 0 Å². The Balaban J connectivity index is 1.79. The summed E-state index contributed by atoms with van der Waals surface area (Å²) in [6.45, 7) is 4.24. The first kappa shape index (κ1) is 17.6. The van der Waals surface area contributed by atoms with Gasteiger partial charge in [-0.3, -0.25) is 4.99 Å². The Bertz CT molecular complexity index is 561. The lowest BCUT2D eigenvalue weighted by molar-refractivity contribution is 0.0531. The zero-order valence-corrected chi connectivity index (χ0v) is 15.1. The van der Waals surface area contributed by atoms with E-state index in [1.54, 1.807) is 0 Å². The maximum atomic E-state index is 6.50. The zero-order chi connectivity index (χ0) is 16.8. The number of rotatable bonds is 3. The van der Waals surface area contributed by atoms with E-state index in [0.29, 0.717) is 12.5 Å². The van der Waals surface area contributed by atoms with Crippen LogP contribution in [0.4, 0.5) is 0 Å². The standard InChI is InChI=1S/C19H28ClN3O/c20-17-8-4-3-7-16(17)19(9-13-24-14-10-19)15-22-18(21)23-11-5-1-2-6-12-23/h3-4,7-8H,1-2,5-6,9-15H2,(H2,21,22). The van der Waals surface area contributed by atoms with Gasteiger partial charge in [-0.1, -0.05) is 42.6 Å². The second kappa shape index (κ2) is 8.21. The van der Waals surface area contributed by atoms with Crippen molar-refractivity contribution in [2.45, 2.75) is 43.9 Å². The largest absolute Gasteiger partial charge is 0.381 e. The molecule has 0 radical (unpaired) electrons. The molecule has 5 heteroatoms. The molecule has 2 aliphatic heterocycles. The summed E-state index contributed by atoms with van der Waals surface area (Å²) < 4.78 is 5.59. The number of hydrogen-bond donors (Lipinski definition) is 1. The predicted molar refractivity (Wildman–Crippen MR) is 99.7 cm³/mol. The van der Waals surface area contributed by atoms with Crippen LogP contribution in [0.2, 0.25) is 5.02 Å². The Labute approximate surface area is 150 Å². The highest BCUT2D eigenvalue weighted by Gasteiger charge is 2.36. The van der Waals surface area contributed by atoms with E-state index in [0.717, 1.165) is 44.2 Å². The molecule has 2 N–H and O–H groups in total. The number of benzene rings is 1. The van der Waals surface area contributed by atoms with Crippen LogP contribution in [0, 0.1) is 0 Å². The lowest BCUT2D eigenvalue weighted by Gasteiger charge is -2.37. The first-order chi connectivity index (χ1) is 11.7. The number of nitrogens with two attached hydrogens (primary N) is 1. The third kappa shape index (κ3) is 4.04. The van der Waals surface area contributed by atoms with E-state index in [-0.39, 0.29) is 5.41 Å². The molecule has 2 fully saturated rings. The summed E-state index contributed by atoms with van der Waals surface area (Å²) in [6.07, 6.45) is 6.88. The Hall–Kier alpha value is -1.26. The molecular formula is C19H28ClN3O. The third-order valence-corrected chi connectivity index (χ3v) is 5.70. The zero-order valence-electron chi connectivity index (χ0n) is 14.3. The summed E-state index contributed by atoms with van der Waals surface area (Å²) in [4.78, 5) is 7.05. The van der Waals surface area contributed by atoms with Crippen molar-refractivity contribution in [1.82, 2.24) is 4.90 Å². The topological polar surface area (TPSA) is 50.9 Å². The summed E-state index contributed by atoms with van der Waals surface area (Å²) in [5.41, 5.74) is 7.44. The molecule has 4 nitrogen and oxygen atoms in total. The molecule has 1 aromatic carbocycles. The van der Waals surface area contributed by atoms with Crippen LogP contribution in [0.15, 0.2) is 29.3 Å². The van der Waals surface area contributed by atoms with Crippen LogP contribution in [-0.2, 0) is 10.2 Å². The quantitative estimate of drug-likeness (QED) is 0.670. The highest BCUT2D eigenvalue weighted by Crippen LogP contribution is 2.38. The summed E-state index contributed by atoms with van der Waals surface area (Å²) in [5, 5.41) is 0.822. The van der Waals surface area contributed by atoms with Crippen molar-refractivity contribution in [2.24, 2.45) is 10.7 Å². The summed E-state index contributed by atoms with van der Waals surface area (Å²) in [5.74, 6) is 0.690. The molecule has 0 bridgehead atoms. The van der Waals surface area contributed by atoms with Crippen molar-refractivity contribution < 1.29 is 4.74 Å². The van der Waals surface area contributed by atoms with Crippen LogP contribution in [0.1, 0.15) is 44.1 Å². The fraction of sp³-hybridized carbons (Fsp3) is 0.632. The molecule has 0 aliphatic carbocycles. The van der Waals surface area contributed by atoms with Gasteiger partial charge in [-0.15, -0.1) is 0 Å². The number of guanidine groups is 1. The Morgan fingerprint density at radius 2 is 1.79 bits per heavy atom. The number of hydrogen-bond acceptors (Lipinski definition) is 2. The van der Waals surface area contributed by atoms with E-state index < -0.39 is 0 Å². The predicted octanol–water partition coefficient (Wildman–Crippen LogP) is 3.58. The van der Waals surface area contributed by atoms with E-state index >= 15 is 0 Å². The number of ether oxygens (including phenoxy) is 1. The van der Waals surface area contributed by atoms with Crippen molar-refractivity contribution in [3.63, 3.8) is 0 Å². The third-order valence-electron chi connectivity index (χ3n) is 5.37. The summed E-state index contributed by atoms with van der Waals surface area (Å²) >= 11 is 6.50. The van der Waals surface area contributed by atoms with Gasteiger partial charge in [0.2, 0.25) is 0 Å². The van der Waals surface area contributed by atoms with E-state index in [1.165, 1.54) is 31.2 Å². The molecule has 3 rings (SSSR count). The van der Waals surface area contributed by atoms with Crippen molar-refractivity contribution in [1.29, 1.82) is 0 Å². The van der Waals surface area contributed by atoms with Crippen LogP contribution >= 0.6 is 11.6 Å². The number of halogens is 1. The van der Waals surface area contributed by atoms with Gasteiger partial charge in [0.25, 0.3) is 0 Å². The van der Waals surface area contributed by atoms with E-state index in [1.807, 2.05) is 12.1 Å². The number of likely N-dealkylation sites (tertiary alicyclic amines) is 1. The number of nitrogens with zero attached hydrogens (tertiary/aromatic N) is 2. The first-order valence-corrected chi connectivity index (χ1v) is 9.47. The van der Waals surface area contributed by atoms with Crippen LogP contribution in [0.5, 0.6) is 0 Å². The minimum Gasteiger partial charge on any atom is -0.381 e. The fourth-order valence-electron chi connectivity index (χ4n) is 3.80. The van der Waals surface area contributed by atoms with Crippen LogP contribution in [0.3, 0.4) is 0 Å². The van der Waals surface area contributed by atoms with Crippen molar-refractivity contribution >= 4 is 17.6 Å². The van der Waals surface area contributed by atoms with Gasteiger partial charge in [0.1, 0.15) is 0 Å². The van der Waals surface area contributed by atoms with Crippen LogP contribution < -0.4 is 5.73 Å². The molecule has 0 spiro atoms. The Morgan fingerprint density at radius 3 is 2.46 bits per heavy atom. The Kier molecular flexibility index (Phi) is 6.01. The van der Waals surface area contributed by atoms with Gasteiger partial charge in [0.15, 0.2) is 5.96 Å². The van der Waals surface area contributed by atoms with Crippen molar-refractivity contribution in [3.05, 3.63) is 34.9 Å². The second-order valence-corrected chi connectivity index (χ2v) is 7.36. The van der Waals surface area contributed by atoms with Crippen molar-refractivity contribution in [2.75, 3.05) is 32.8 Å². The second-order valence-electron chi connectivity index (χ2n) is 6.95. The van der Waals surface area contributed by atoms with E-state index in [2.05, 4.69) is 17.0 Å². The van der Waals surface area contributed by atoms with Crippen LogP contribution in [0.25, 0.3) is 0 Å². The van der Waals surface area contributed by atoms with Crippen LogP contribution in [-0.4, -0.2) is 43.7 Å². The molecule has 0 saturated carbocycles. The highest BCUT2D eigenvalue weighted by atomic mass is 35.5. The molecule has 2 aliphatic rings. The van der Waals surface area contributed by atoms with Gasteiger partial charge in [0.05, 0.1) is 6.54 Å². The lowest BCUT2D eigenvalue weighted by atomic mass is 9.74. The molecule has 0 amide bonds. The highest BCUT2D eigenvalue weighted by molar-refractivity contribution is 6.31. The van der Waals surface area contributed by atoms with Crippen molar-refractivity contribution in [3.8, 4) is 0 Å². The smallest absolute Gasteiger partial charge is 0.191 e. The average molecular weight is 350 g/mol. The van der Waals surface area contributed by atoms with E-state index in [9.17, 15) is 0 Å². The van der Waals surface area contributed by atoms with Gasteiger partial charge in [-0.25, -0.2) is 0 Å². The maximum absolute atomic E-state index is 6.50.